The van der Waals surface area contributed by atoms with Crippen molar-refractivity contribution in [3.8, 4) is 5.69 Å². The number of aromatic nitrogens is 3. The molecule has 0 bridgehead atoms. The van der Waals surface area contributed by atoms with E-state index in [0.717, 1.165) is 22.5 Å². The van der Waals surface area contributed by atoms with Gasteiger partial charge in [0.1, 0.15) is 4.90 Å². The highest BCUT2D eigenvalue weighted by Gasteiger charge is 2.33. The van der Waals surface area contributed by atoms with Crippen molar-refractivity contribution in [2.24, 2.45) is 0 Å². The molecule has 0 fully saturated rings. The predicted molar refractivity (Wildman–Crippen MR) is 102 cm³/mol. The lowest BCUT2D eigenvalue weighted by molar-refractivity contribution is -0.137. The number of nitrogens with zero attached hydrogens (tertiary/aromatic N) is 3. The van der Waals surface area contributed by atoms with Crippen LogP contribution < -0.4 is 4.72 Å². The van der Waals surface area contributed by atoms with E-state index >= 15 is 0 Å². The average molecular weight is 479 g/mol. The first-order chi connectivity index (χ1) is 13.9. The van der Waals surface area contributed by atoms with Crippen LogP contribution >= 0.6 is 23.2 Å². The van der Waals surface area contributed by atoms with Crippen LogP contribution in [-0.4, -0.2) is 29.3 Å². The monoisotopic (exact) mass is 478 g/mol. The number of amides is 1. The normalized spacial score (nSPS) is 12.1. The zero-order valence-corrected chi connectivity index (χ0v) is 17.2. The molecule has 0 saturated heterocycles. The fourth-order valence-corrected chi connectivity index (χ4v) is 4.21. The second-order valence-electron chi connectivity index (χ2n) is 6.08. The molecule has 0 spiro atoms. The highest BCUT2D eigenvalue weighted by molar-refractivity contribution is 7.90. The second kappa shape index (κ2) is 7.89. The zero-order valence-electron chi connectivity index (χ0n) is 14.9. The third kappa shape index (κ3) is 4.58. The lowest BCUT2D eigenvalue weighted by Gasteiger charge is -2.11. The van der Waals surface area contributed by atoms with E-state index in [0.29, 0.717) is 22.8 Å². The van der Waals surface area contributed by atoms with Crippen molar-refractivity contribution in [2.75, 3.05) is 0 Å². The van der Waals surface area contributed by atoms with Crippen LogP contribution in [0.1, 0.15) is 21.6 Å². The second-order valence-corrected chi connectivity index (χ2v) is 8.55. The van der Waals surface area contributed by atoms with E-state index in [1.807, 2.05) is 6.92 Å². The van der Waals surface area contributed by atoms with E-state index in [9.17, 15) is 26.4 Å². The van der Waals surface area contributed by atoms with Gasteiger partial charge in [0.25, 0.3) is 15.9 Å². The summed E-state index contributed by atoms with van der Waals surface area (Å²) < 4.78 is 66.3. The summed E-state index contributed by atoms with van der Waals surface area (Å²) in [5.74, 6) is -1.21. The molecule has 0 aliphatic carbocycles. The minimum absolute atomic E-state index is 0.315. The van der Waals surface area contributed by atoms with Crippen LogP contribution in [0.15, 0.2) is 47.5 Å². The summed E-state index contributed by atoms with van der Waals surface area (Å²) in [6.07, 6.45) is -3.68. The summed E-state index contributed by atoms with van der Waals surface area (Å²) in [7, 11) is -4.72. The van der Waals surface area contributed by atoms with Crippen LogP contribution in [0.3, 0.4) is 0 Å². The van der Waals surface area contributed by atoms with Crippen molar-refractivity contribution in [1.29, 1.82) is 0 Å². The number of nitrogens with one attached hydrogen (secondary N) is 1. The Bertz CT molecular complexity index is 1240. The van der Waals surface area contributed by atoms with E-state index in [1.54, 1.807) is 22.9 Å². The van der Waals surface area contributed by atoms with Crippen LogP contribution in [0.4, 0.5) is 13.2 Å². The highest BCUT2D eigenvalue weighted by Crippen LogP contribution is 2.33. The molecule has 2 aromatic carbocycles. The van der Waals surface area contributed by atoms with E-state index in [4.69, 9.17) is 23.2 Å². The fraction of sp³-hybridized carbons (Fsp3) is 0.118. The summed E-state index contributed by atoms with van der Waals surface area (Å²) in [5.41, 5.74) is -0.374. The quantitative estimate of drug-likeness (QED) is 0.610. The van der Waals surface area contributed by atoms with Crippen molar-refractivity contribution in [1.82, 2.24) is 19.7 Å². The Kier molecular flexibility index (Phi) is 5.81. The van der Waals surface area contributed by atoms with Gasteiger partial charge in [-0.3, -0.25) is 4.79 Å². The van der Waals surface area contributed by atoms with Crippen molar-refractivity contribution in [2.45, 2.75) is 18.0 Å². The maximum absolute atomic E-state index is 12.9. The number of sulfonamides is 1. The van der Waals surface area contributed by atoms with Gasteiger partial charge in [0.05, 0.1) is 27.5 Å². The first-order valence-electron chi connectivity index (χ1n) is 8.01. The molecule has 0 saturated carbocycles. The maximum atomic E-state index is 12.9. The van der Waals surface area contributed by atoms with E-state index in [-0.39, 0.29) is 0 Å². The standard InChI is InChI=1S/C17H11Cl2F3N4O3S/c1-9-2-5-14(12(19)6-9)26-8-13(23-25-26)16(27)24-30(28,29)15-7-10(17(20,21)22)3-4-11(15)18/h2-8H,1H3,(H,24,27). The largest absolute Gasteiger partial charge is 0.416 e. The highest BCUT2D eigenvalue weighted by atomic mass is 35.5. The summed E-state index contributed by atoms with van der Waals surface area (Å²) in [6.45, 7) is 1.82. The Morgan fingerprint density at radius 2 is 1.80 bits per heavy atom. The van der Waals surface area contributed by atoms with E-state index in [1.165, 1.54) is 0 Å². The fourth-order valence-electron chi connectivity index (χ4n) is 2.40. The van der Waals surface area contributed by atoms with Crippen LogP contribution in [-0.2, 0) is 16.2 Å². The maximum Gasteiger partial charge on any atom is 0.416 e. The molecule has 13 heteroatoms. The first kappa shape index (κ1) is 22.1. The number of benzene rings is 2. The number of carbonyl (C=O) groups excluding carboxylic acids is 1. The smallest absolute Gasteiger partial charge is 0.266 e. The summed E-state index contributed by atoms with van der Waals surface area (Å²) in [6, 6.07) is 6.74. The SMILES string of the molecule is Cc1ccc(-n2cc(C(=O)NS(=O)(=O)c3cc(C(F)(F)F)ccc3Cl)nn2)c(Cl)c1. The molecule has 0 radical (unpaired) electrons. The van der Waals surface area contributed by atoms with Crippen LogP contribution in [0.5, 0.6) is 0 Å². The van der Waals surface area contributed by atoms with Gasteiger partial charge in [0.15, 0.2) is 5.69 Å². The molecule has 3 rings (SSSR count). The van der Waals surface area contributed by atoms with Crippen molar-refractivity contribution >= 4 is 39.1 Å². The molecule has 7 nitrogen and oxygen atoms in total. The molecule has 0 unspecified atom stereocenters. The van der Waals surface area contributed by atoms with Gasteiger partial charge in [0.2, 0.25) is 0 Å². The first-order valence-corrected chi connectivity index (χ1v) is 10.2. The van der Waals surface area contributed by atoms with Gasteiger partial charge >= 0.3 is 6.18 Å². The third-order valence-electron chi connectivity index (χ3n) is 3.85. The number of alkyl halides is 3. The Morgan fingerprint density at radius 3 is 2.43 bits per heavy atom. The molecule has 0 atom stereocenters. The van der Waals surface area contributed by atoms with Crippen LogP contribution in [0, 0.1) is 6.92 Å². The zero-order chi connectivity index (χ0) is 22.3. The summed E-state index contributed by atoms with van der Waals surface area (Å²) in [5, 5.41) is 7.12. The van der Waals surface area contributed by atoms with Gasteiger partial charge in [-0.1, -0.05) is 34.5 Å². The minimum Gasteiger partial charge on any atom is -0.266 e. The Morgan fingerprint density at radius 1 is 1.10 bits per heavy atom. The van der Waals surface area contributed by atoms with Crippen molar-refractivity contribution in [3.05, 3.63) is 69.5 Å². The van der Waals surface area contributed by atoms with E-state index in [2.05, 4.69) is 10.3 Å². The van der Waals surface area contributed by atoms with Gasteiger partial charge in [-0.05, 0) is 42.8 Å². The summed E-state index contributed by atoms with van der Waals surface area (Å²) >= 11 is 11.8. The van der Waals surface area contributed by atoms with Gasteiger partial charge < -0.3 is 0 Å². The van der Waals surface area contributed by atoms with Crippen molar-refractivity contribution in [3.63, 3.8) is 0 Å². The predicted octanol–water partition coefficient (Wildman–Crippen LogP) is 4.02. The summed E-state index contributed by atoms with van der Waals surface area (Å²) in [4.78, 5) is 11.4. The minimum atomic E-state index is -4.80. The Hall–Kier alpha value is -2.63. The molecule has 30 heavy (non-hydrogen) atoms. The van der Waals surface area contributed by atoms with Gasteiger partial charge in [-0.2, -0.15) is 13.2 Å². The number of rotatable bonds is 4. The van der Waals surface area contributed by atoms with Crippen LogP contribution in [0.2, 0.25) is 10.0 Å². The lowest BCUT2D eigenvalue weighted by Crippen LogP contribution is -2.31. The molecular weight excluding hydrogens is 468 g/mol. The Balaban J connectivity index is 1.88. The number of halogens is 5. The molecule has 0 aliphatic rings. The molecule has 0 aliphatic heterocycles. The molecular formula is C17H11Cl2F3N4O3S. The molecule has 158 valence electrons. The van der Waals surface area contributed by atoms with Gasteiger partial charge in [-0.15, -0.1) is 5.10 Å². The van der Waals surface area contributed by atoms with Crippen LogP contribution in [0.25, 0.3) is 5.69 Å². The lowest BCUT2D eigenvalue weighted by atomic mass is 10.2. The number of carbonyl (C=O) groups is 1. The number of hydrogen-bond donors (Lipinski definition) is 1. The van der Waals surface area contributed by atoms with E-state index < -0.39 is 43.3 Å². The van der Waals surface area contributed by atoms with Gasteiger partial charge in [0, 0.05) is 0 Å². The average Bonchev–Trinajstić information content (AvgIpc) is 3.10. The topological polar surface area (TPSA) is 94.0 Å². The molecule has 1 amide bonds. The molecule has 1 heterocycles. The van der Waals surface area contributed by atoms with Crippen molar-refractivity contribution < 1.29 is 26.4 Å². The molecule has 1 N–H and O–H groups in total. The number of hydrogen-bond acceptors (Lipinski definition) is 5. The Labute approximate surface area is 178 Å². The number of aryl methyl sites for hydroxylation is 1. The van der Waals surface area contributed by atoms with Gasteiger partial charge in [-0.25, -0.2) is 17.8 Å². The third-order valence-corrected chi connectivity index (χ3v) is 5.97. The molecule has 3 aromatic rings. The molecule has 1 aromatic heterocycles.